The number of phenolic OH excluding ortho intramolecular Hbond substituents is 1. The Labute approximate surface area is 223 Å². The molecule has 3 aromatic rings. The first kappa shape index (κ1) is 27.8. The molecule has 1 atom stereocenters. The number of allylic oxidation sites excluding steroid dienone is 1. The second kappa shape index (κ2) is 12.5. The third kappa shape index (κ3) is 6.24. The van der Waals surface area contributed by atoms with Crippen molar-refractivity contribution in [1.82, 2.24) is 4.90 Å². The van der Waals surface area contributed by atoms with Crippen LogP contribution < -0.4 is 4.74 Å². The van der Waals surface area contributed by atoms with Gasteiger partial charge in [-0.05, 0) is 89.8 Å². The van der Waals surface area contributed by atoms with Gasteiger partial charge in [0.1, 0.15) is 17.6 Å². The average molecular weight is 524 g/mol. The van der Waals surface area contributed by atoms with Crippen LogP contribution in [0, 0.1) is 0 Å². The van der Waals surface area contributed by atoms with Crippen LogP contribution in [0.15, 0.2) is 66.7 Å². The average Bonchev–Trinajstić information content (AvgIpc) is 3.26. The summed E-state index contributed by atoms with van der Waals surface area (Å²) < 4.78 is 45.1. The van der Waals surface area contributed by atoms with Crippen molar-refractivity contribution < 1.29 is 23.0 Å². The molecule has 1 fully saturated rings. The smallest absolute Gasteiger partial charge is 0.263 e. The van der Waals surface area contributed by atoms with E-state index in [1.54, 1.807) is 18.2 Å². The van der Waals surface area contributed by atoms with E-state index in [0.29, 0.717) is 6.42 Å². The van der Waals surface area contributed by atoms with Gasteiger partial charge in [0.25, 0.3) is 6.43 Å². The number of aromatic hydroxyl groups is 1. The van der Waals surface area contributed by atoms with E-state index in [2.05, 4.69) is 17.0 Å². The van der Waals surface area contributed by atoms with Crippen LogP contribution in [0.5, 0.6) is 11.5 Å². The Morgan fingerprint density at radius 3 is 2.39 bits per heavy atom. The van der Waals surface area contributed by atoms with E-state index < -0.39 is 6.43 Å². The van der Waals surface area contributed by atoms with Crippen molar-refractivity contribution in [1.29, 1.82) is 0 Å². The highest BCUT2D eigenvalue weighted by Gasteiger charge is 2.24. The number of hydrogen-bond donors (Lipinski definition) is 1. The van der Waals surface area contributed by atoms with Crippen LogP contribution >= 0.6 is 0 Å². The maximum absolute atomic E-state index is 13.2. The number of phenols is 1. The number of nitrogens with zero attached hydrogens (tertiary/aromatic N) is 1. The fourth-order valence-electron chi connectivity index (χ4n) is 5.49. The Morgan fingerprint density at radius 1 is 0.947 bits per heavy atom. The largest absolute Gasteiger partial charge is 0.508 e. The van der Waals surface area contributed by atoms with Gasteiger partial charge < -0.3 is 9.84 Å². The van der Waals surface area contributed by atoms with Crippen LogP contribution in [-0.4, -0.2) is 42.4 Å². The van der Waals surface area contributed by atoms with Gasteiger partial charge in [-0.2, -0.15) is 0 Å². The lowest BCUT2D eigenvalue weighted by molar-refractivity contribution is 0.151. The molecule has 3 aromatic carbocycles. The van der Waals surface area contributed by atoms with Crippen LogP contribution in [0.4, 0.5) is 13.2 Å². The Bertz CT molecular complexity index is 1240. The highest BCUT2D eigenvalue weighted by atomic mass is 19.3. The molecule has 0 radical (unpaired) electrons. The van der Waals surface area contributed by atoms with Gasteiger partial charge in [0, 0.05) is 25.2 Å². The summed E-state index contributed by atoms with van der Waals surface area (Å²) in [5, 5.41) is 10.1. The summed E-state index contributed by atoms with van der Waals surface area (Å²) in [4.78, 5) is 2.24. The topological polar surface area (TPSA) is 32.7 Å². The first-order valence-electron chi connectivity index (χ1n) is 13.0. The second-order valence-electron chi connectivity index (χ2n) is 9.87. The SMILES string of the molecule is C.Oc1ccc2c(c1)CCCC(c1ccc(C(F)F)cc1)=C2c1ccc(O[C@H]2CCN(CCCF)C2)cc1. The van der Waals surface area contributed by atoms with E-state index in [0.717, 1.165) is 84.5 Å². The fourth-order valence-corrected chi connectivity index (χ4v) is 5.49. The Hall–Kier alpha value is -3.25. The summed E-state index contributed by atoms with van der Waals surface area (Å²) in [5.41, 5.74) is 6.26. The van der Waals surface area contributed by atoms with Crippen molar-refractivity contribution >= 4 is 11.1 Å². The van der Waals surface area contributed by atoms with Gasteiger partial charge in [-0.3, -0.25) is 9.29 Å². The van der Waals surface area contributed by atoms with Crippen molar-refractivity contribution in [3.8, 4) is 11.5 Å². The van der Waals surface area contributed by atoms with Crippen molar-refractivity contribution in [2.24, 2.45) is 0 Å². The first-order chi connectivity index (χ1) is 18.0. The van der Waals surface area contributed by atoms with E-state index in [-0.39, 0.29) is 31.5 Å². The van der Waals surface area contributed by atoms with Gasteiger partial charge >= 0.3 is 0 Å². The highest BCUT2D eigenvalue weighted by Crippen LogP contribution is 2.41. The molecule has 1 N–H and O–H groups in total. The third-order valence-electron chi connectivity index (χ3n) is 7.33. The molecule has 1 saturated heterocycles. The minimum atomic E-state index is -2.50. The molecule has 2 aliphatic rings. The van der Waals surface area contributed by atoms with Crippen LogP contribution in [-0.2, 0) is 6.42 Å². The summed E-state index contributed by atoms with van der Waals surface area (Å²) >= 11 is 0. The molecule has 0 aromatic heterocycles. The number of fused-ring (bicyclic) bond motifs is 1. The zero-order valence-corrected chi connectivity index (χ0v) is 20.8. The minimum Gasteiger partial charge on any atom is -0.508 e. The lowest BCUT2D eigenvalue weighted by Crippen LogP contribution is -2.26. The molecule has 202 valence electrons. The van der Waals surface area contributed by atoms with Crippen molar-refractivity contribution in [2.75, 3.05) is 26.3 Å². The normalized spacial score (nSPS) is 17.7. The number of ether oxygens (including phenoxy) is 1. The van der Waals surface area contributed by atoms with Gasteiger partial charge in [-0.1, -0.05) is 49.9 Å². The zero-order valence-electron chi connectivity index (χ0n) is 20.8. The number of alkyl halides is 3. The van der Waals surface area contributed by atoms with Gasteiger partial charge in [0.2, 0.25) is 0 Å². The molecule has 0 saturated carbocycles. The molecule has 5 rings (SSSR count). The monoisotopic (exact) mass is 523 g/mol. The highest BCUT2D eigenvalue weighted by molar-refractivity contribution is 6.00. The standard InChI is InChI=1S/C31H32F3NO2.CH4/c32-16-2-17-35-18-15-27(20-35)37-26-12-9-22(10-13-26)30-28(21-5-7-23(8-6-21)31(33)34)4-1-3-24-19-25(36)11-14-29(24)30;/h5-14,19,27,31,36H,1-4,15-18,20H2;1H4/t27-;/m0./s1. The molecule has 6 heteroatoms. The molecule has 1 heterocycles. The van der Waals surface area contributed by atoms with Gasteiger partial charge in [0.15, 0.2) is 0 Å². The number of halogens is 3. The maximum Gasteiger partial charge on any atom is 0.263 e. The van der Waals surface area contributed by atoms with Crippen molar-refractivity contribution in [2.45, 2.75) is 52.1 Å². The zero-order chi connectivity index (χ0) is 25.8. The van der Waals surface area contributed by atoms with Crippen molar-refractivity contribution in [3.63, 3.8) is 0 Å². The first-order valence-corrected chi connectivity index (χ1v) is 13.0. The lowest BCUT2D eigenvalue weighted by Gasteiger charge is -2.19. The summed E-state index contributed by atoms with van der Waals surface area (Å²) in [6.45, 7) is 2.20. The van der Waals surface area contributed by atoms with Gasteiger partial charge in [0.05, 0.1) is 6.67 Å². The predicted molar refractivity (Wildman–Crippen MR) is 148 cm³/mol. The van der Waals surface area contributed by atoms with E-state index in [9.17, 15) is 18.3 Å². The number of aryl methyl sites for hydroxylation is 1. The Morgan fingerprint density at radius 2 is 1.68 bits per heavy atom. The molecule has 0 amide bonds. The summed E-state index contributed by atoms with van der Waals surface area (Å²) in [5.74, 6) is 1.03. The minimum absolute atomic E-state index is 0. The summed E-state index contributed by atoms with van der Waals surface area (Å²) in [6.07, 6.45) is 1.60. The fraction of sp³-hybridized carbons (Fsp3) is 0.375. The molecule has 38 heavy (non-hydrogen) atoms. The summed E-state index contributed by atoms with van der Waals surface area (Å²) in [7, 11) is 0. The maximum atomic E-state index is 13.2. The number of hydrogen-bond acceptors (Lipinski definition) is 3. The van der Waals surface area contributed by atoms with Crippen LogP contribution in [0.25, 0.3) is 11.1 Å². The molecule has 0 unspecified atom stereocenters. The van der Waals surface area contributed by atoms with E-state index in [1.807, 2.05) is 24.3 Å². The van der Waals surface area contributed by atoms with Crippen molar-refractivity contribution in [3.05, 3.63) is 94.5 Å². The Kier molecular flexibility index (Phi) is 9.16. The third-order valence-corrected chi connectivity index (χ3v) is 7.33. The van der Waals surface area contributed by atoms with Gasteiger partial charge in [-0.25, -0.2) is 8.78 Å². The van der Waals surface area contributed by atoms with Crippen LogP contribution in [0.2, 0.25) is 0 Å². The molecule has 1 aliphatic carbocycles. The van der Waals surface area contributed by atoms with Crippen LogP contribution in [0.3, 0.4) is 0 Å². The number of rotatable bonds is 8. The van der Waals surface area contributed by atoms with E-state index in [1.165, 1.54) is 12.1 Å². The molecule has 0 spiro atoms. The van der Waals surface area contributed by atoms with E-state index >= 15 is 0 Å². The molecule has 1 aliphatic heterocycles. The Balaban J connectivity index is 0.00000336. The summed E-state index contributed by atoms with van der Waals surface area (Å²) in [6, 6.07) is 20.1. The molecular weight excluding hydrogens is 487 g/mol. The van der Waals surface area contributed by atoms with Crippen LogP contribution in [0.1, 0.15) is 67.4 Å². The molecule has 3 nitrogen and oxygen atoms in total. The number of benzene rings is 3. The number of likely N-dealkylation sites (tertiary alicyclic amines) is 1. The molecular formula is C32H36F3NO2. The van der Waals surface area contributed by atoms with Gasteiger partial charge in [-0.15, -0.1) is 0 Å². The quantitative estimate of drug-likeness (QED) is 0.324. The predicted octanol–water partition coefficient (Wildman–Crippen LogP) is 8.07. The second-order valence-corrected chi connectivity index (χ2v) is 9.87. The lowest BCUT2D eigenvalue weighted by atomic mass is 9.87. The van der Waals surface area contributed by atoms with E-state index in [4.69, 9.17) is 4.74 Å². The molecule has 0 bridgehead atoms.